The number of fused-ring (bicyclic) bond motifs is 1. The molecule has 138 valence electrons. The average molecular weight is 357 g/mol. The van der Waals surface area contributed by atoms with Crippen LogP contribution in [0.3, 0.4) is 0 Å². The summed E-state index contributed by atoms with van der Waals surface area (Å²) in [6.45, 7) is 2.28. The molecule has 1 saturated heterocycles. The fourth-order valence-electron chi connectivity index (χ4n) is 3.79. The molecule has 2 aromatic rings. The molecule has 1 fully saturated rings. The van der Waals surface area contributed by atoms with E-state index >= 15 is 0 Å². The molecule has 3 N–H and O–H groups in total. The first-order valence-corrected chi connectivity index (χ1v) is 9.00. The number of nitrogens with one attached hydrogen (secondary N) is 3. The number of benzene rings is 2. The van der Waals surface area contributed by atoms with Crippen LogP contribution in [0.5, 0.6) is 11.5 Å². The number of methoxy groups -OCH3 is 1. The lowest BCUT2D eigenvalue weighted by atomic mass is 9.94. The first-order chi connectivity index (χ1) is 12.7. The fraction of sp³-hybridized carbons (Fsp3) is 0.400. The molecular formula is C20H24FN3O2. The maximum atomic E-state index is 13.5. The Morgan fingerprint density at radius 3 is 3.00 bits per heavy atom. The maximum Gasteiger partial charge on any atom is 0.164 e. The van der Waals surface area contributed by atoms with Gasteiger partial charge in [0.15, 0.2) is 11.5 Å². The highest BCUT2D eigenvalue weighted by Gasteiger charge is 2.30. The molecule has 0 amide bonds. The summed E-state index contributed by atoms with van der Waals surface area (Å²) in [5.41, 5.74) is 8.60. The SMILES string of the molecule is COc1cccc2c1OCC(NCC1CNNC1c1cccc(F)c1)C2. The minimum absolute atomic E-state index is 0.0927. The van der Waals surface area contributed by atoms with Gasteiger partial charge in [0.05, 0.1) is 13.2 Å². The van der Waals surface area contributed by atoms with E-state index in [0.717, 1.165) is 42.1 Å². The van der Waals surface area contributed by atoms with Crippen molar-refractivity contribution in [2.75, 3.05) is 26.8 Å². The third-order valence-electron chi connectivity index (χ3n) is 5.15. The third kappa shape index (κ3) is 3.53. The van der Waals surface area contributed by atoms with Crippen LogP contribution in [0.2, 0.25) is 0 Å². The van der Waals surface area contributed by atoms with E-state index in [1.807, 2.05) is 18.2 Å². The Bertz CT molecular complexity index is 770. The van der Waals surface area contributed by atoms with E-state index < -0.39 is 0 Å². The van der Waals surface area contributed by atoms with Crippen molar-refractivity contribution in [3.63, 3.8) is 0 Å². The molecule has 0 bridgehead atoms. The van der Waals surface area contributed by atoms with Gasteiger partial charge in [-0.1, -0.05) is 24.3 Å². The molecule has 0 saturated carbocycles. The molecule has 0 radical (unpaired) electrons. The van der Waals surface area contributed by atoms with Gasteiger partial charge in [0.25, 0.3) is 0 Å². The second kappa shape index (κ2) is 7.61. The third-order valence-corrected chi connectivity index (χ3v) is 5.15. The van der Waals surface area contributed by atoms with Gasteiger partial charge in [-0.15, -0.1) is 0 Å². The van der Waals surface area contributed by atoms with Gasteiger partial charge in [-0.2, -0.15) is 0 Å². The molecule has 3 unspecified atom stereocenters. The number of hydrogen-bond acceptors (Lipinski definition) is 5. The summed E-state index contributed by atoms with van der Waals surface area (Å²) in [6.07, 6.45) is 0.907. The number of hydrogen-bond donors (Lipinski definition) is 3. The van der Waals surface area contributed by atoms with Crippen LogP contribution in [-0.4, -0.2) is 32.8 Å². The molecule has 0 spiro atoms. The number of hydrazine groups is 1. The van der Waals surface area contributed by atoms with E-state index in [0.29, 0.717) is 12.5 Å². The number of rotatable bonds is 5. The molecule has 6 heteroatoms. The van der Waals surface area contributed by atoms with Gasteiger partial charge < -0.3 is 14.8 Å². The predicted molar refractivity (Wildman–Crippen MR) is 97.8 cm³/mol. The van der Waals surface area contributed by atoms with Crippen molar-refractivity contribution in [3.8, 4) is 11.5 Å². The van der Waals surface area contributed by atoms with Gasteiger partial charge in [0.1, 0.15) is 12.4 Å². The zero-order valence-corrected chi connectivity index (χ0v) is 14.8. The molecule has 5 nitrogen and oxygen atoms in total. The molecule has 2 aromatic carbocycles. The van der Waals surface area contributed by atoms with Crippen LogP contribution in [0.15, 0.2) is 42.5 Å². The highest BCUT2D eigenvalue weighted by atomic mass is 19.1. The number of para-hydroxylation sites is 1. The van der Waals surface area contributed by atoms with Crippen LogP contribution >= 0.6 is 0 Å². The zero-order valence-electron chi connectivity index (χ0n) is 14.8. The maximum absolute atomic E-state index is 13.5. The lowest BCUT2D eigenvalue weighted by Crippen LogP contribution is -2.42. The summed E-state index contributed by atoms with van der Waals surface area (Å²) in [7, 11) is 1.66. The van der Waals surface area contributed by atoms with Crippen molar-refractivity contribution in [3.05, 3.63) is 59.4 Å². The highest BCUT2D eigenvalue weighted by Crippen LogP contribution is 2.34. The average Bonchev–Trinajstić information content (AvgIpc) is 3.14. The smallest absolute Gasteiger partial charge is 0.164 e. The Labute approximate surface area is 152 Å². The summed E-state index contributed by atoms with van der Waals surface area (Å²) >= 11 is 0. The molecule has 0 aromatic heterocycles. The van der Waals surface area contributed by atoms with Crippen molar-refractivity contribution in [2.24, 2.45) is 5.92 Å². The van der Waals surface area contributed by atoms with Gasteiger partial charge in [0.2, 0.25) is 0 Å². The van der Waals surface area contributed by atoms with Crippen molar-refractivity contribution in [2.45, 2.75) is 18.5 Å². The molecule has 2 aliphatic rings. The molecule has 0 aliphatic carbocycles. The molecule has 3 atom stereocenters. The Balaban J connectivity index is 1.38. The summed E-state index contributed by atoms with van der Waals surface area (Å²) in [5.74, 6) is 1.78. The monoisotopic (exact) mass is 357 g/mol. The lowest BCUT2D eigenvalue weighted by Gasteiger charge is -2.29. The minimum Gasteiger partial charge on any atom is -0.493 e. The van der Waals surface area contributed by atoms with Gasteiger partial charge in [-0.25, -0.2) is 9.82 Å². The highest BCUT2D eigenvalue weighted by molar-refractivity contribution is 5.48. The van der Waals surface area contributed by atoms with Crippen molar-refractivity contribution >= 4 is 0 Å². The van der Waals surface area contributed by atoms with E-state index in [-0.39, 0.29) is 17.9 Å². The minimum atomic E-state index is -0.200. The Morgan fingerprint density at radius 2 is 2.15 bits per heavy atom. The summed E-state index contributed by atoms with van der Waals surface area (Å²) < 4.78 is 24.8. The standard InChI is InChI=1S/C20H24FN3O2/c1-25-18-7-3-5-14-9-17(12-26-20(14)18)22-10-15-11-23-24-19(15)13-4-2-6-16(21)8-13/h2-8,15,17,19,22-24H,9-12H2,1H3. The molecule has 2 heterocycles. The van der Waals surface area contributed by atoms with E-state index in [9.17, 15) is 4.39 Å². The first-order valence-electron chi connectivity index (χ1n) is 9.00. The van der Waals surface area contributed by atoms with Gasteiger partial charge in [-0.3, -0.25) is 5.43 Å². The van der Waals surface area contributed by atoms with E-state index in [2.05, 4.69) is 22.2 Å². The van der Waals surface area contributed by atoms with Crippen LogP contribution in [0.25, 0.3) is 0 Å². The predicted octanol–water partition coefficient (Wildman–Crippen LogP) is 2.19. The second-order valence-corrected chi connectivity index (χ2v) is 6.89. The number of halogens is 1. The zero-order chi connectivity index (χ0) is 17.9. The van der Waals surface area contributed by atoms with Gasteiger partial charge >= 0.3 is 0 Å². The lowest BCUT2D eigenvalue weighted by molar-refractivity contribution is 0.222. The van der Waals surface area contributed by atoms with E-state index in [1.54, 1.807) is 19.2 Å². The first kappa shape index (κ1) is 17.3. The van der Waals surface area contributed by atoms with Crippen LogP contribution in [0, 0.1) is 11.7 Å². The second-order valence-electron chi connectivity index (χ2n) is 6.89. The molecule has 2 aliphatic heterocycles. The quantitative estimate of drug-likeness (QED) is 0.766. The van der Waals surface area contributed by atoms with Crippen LogP contribution in [-0.2, 0) is 6.42 Å². The fourth-order valence-corrected chi connectivity index (χ4v) is 3.79. The topological polar surface area (TPSA) is 54.6 Å². The molecule has 4 rings (SSSR count). The van der Waals surface area contributed by atoms with Crippen LogP contribution in [0.1, 0.15) is 17.2 Å². The number of ether oxygens (including phenoxy) is 2. The Morgan fingerprint density at radius 1 is 1.27 bits per heavy atom. The summed E-state index contributed by atoms with van der Waals surface area (Å²) in [5, 5.41) is 3.62. The van der Waals surface area contributed by atoms with Crippen molar-refractivity contribution in [1.29, 1.82) is 0 Å². The van der Waals surface area contributed by atoms with Gasteiger partial charge in [0, 0.05) is 25.0 Å². The van der Waals surface area contributed by atoms with Crippen molar-refractivity contribution < 1.29 is 13.9 Å². The Kier molecular flexibility index (Phi) is 5.06. The van der Waals surface area contributed by atoms with Crippen LogP contribution < -0.4 is 25.6 Å². The Hall–Kier alpha value is -2.15. The van der Waals surface area contributed by atoms with Crippen molar-refractivity contribution in [1.82, 2.24) is 16.2 Å². The van der Waals surface area contributed by atoms with Crippen LogP contribution in [0.4, 0.5) is 4.39 Å². The van der Waals surface area contributed by atoms with E-state index in [1.165, 1.54) is 6.07 Å². The summed E-state index contributed by atoms with van der Waals surface area (Å²) in [4.78, 5) is 0. The summed E-state index contributed by atoms with van der Waals surface area (Å²) in [6, 6.07) is 13.1. The normalized spacial score (nSPS) is 24.8. The van der Waals surface area contributed by atoms with Gasteiger partial charge in [-0.05, 0) is 35.7 Å². The van der Waals surface area contributed by atoms with E-state index in [4.69, 9.17) is 9.47 Å². The molecular weight excluding hydrogens is 333 g/mol. The molecule has 26 heavy (non-hydrogen) atoms. The largest absolute Gasteiger partial charge is 0.493 e.